The Morgan fingerprint density at radius 2 is 2.25 bits per heavy atom. The summed E-state index contributed by atoms with van der Waals surface area (Å²) < 4.78 is 18.3. The van der Waals surface area contributed by atoms with E-state index in [4.69, 9.17) is 4.74 Å². The molecule has 0 radical (unpaired) electrons. The zero-order valence-corrected chi connectivity index (χ0v) is 8.52. The van der Waals surface area contributed by atoms with Gasteiger partial charge in [-0.3, -0.25) is 9.79 Å². The monoisotopic (exact) mass is 219 g/mol. The molecule has 0 aliphatic carbocycles. The predicted molar refractivity (Wildman–Crippen MR) is 56.7 cm³/mol. The van der Waals surface area contributed by atoms with Gasteiger partial charge in [-0.1, -0.05) is 18.2 Å². The average molecular weight is 219 g/mol. The van der Waals surface area contributed by atoms with Gasteiger partial charge in [0, 0.05) is 18.2 Å². The normalized spacial score (nSPS) is 31.6. The fourth-order valence-electron chi connectivity index (χ4n) is 2.32. The topological polar surface area (TPSA) is 38.7 Å². The summed E-state index contributed by atoms with van der Waals surface area (Å²) in [6, 6.07) is 7.29. The number of rotatable bonds is 0. The summed E-state index contributed by atoms with van der Waals surface area (Å²) in [4.78, 5) is 16.0. The van der Waals surface area contributed by atoms with Crippen molar-refractivity contribution in [1.29, 1.82) is 0 Å². The number of halogens is 1. The molecule has 1 aromatic carbocycles. The van der Waals surface area contributed by atoms with Gasteiger partial charge in [0.05, 0.1) is 5.69 Å². The Hall–Kier alpha value is -1.71. The molecule has 16 heavy (non-hydrogen) atoms. The summed E-state index contributed by atoms with van der Waals surface area (Å²) in [6.07, 6.45) is 0.535. The first-order valence-corrected chi connectivity index (χ1v) is 5.18. The molecule has 0 bridgehead atoms. The Morgan fingerprint density at radius 1 is 1.44 bits per heavy atom. The quantitative estimate of drug-likeness (QED) is 0.625. The van der Waals surface area contributed by atoms with Crippen molar-refractivity contribution in [3.05, 3.63) is 29.8 Å². The number of carbonyl (C=O) groups is 1. The summed E-state index contributed by atoms with van der Waals surface area (Å²) in [5.74, 6) is -0.393. The Morgan fingerprint density at radius 3 is 3.12 bits per heavy atom. The highest BCUT2D eigenvalue weighted by Gasteiger charge is 2.49. The molecule has 2 aliphatic rings. The van der Waals surface area contributed by atoms with Gasteiger partial charge in [-0.05, 0) is 6.07 Å². The van der Waals surface area contributed by atoms with Crippen LogP contribution in [0.3, 0.4) is 0 Å². The molecule has 2 aliphatic heterocycles. The van der Waals surface area contributed by atoms with E-state index >= 15 is 0 Å². The molecule has 2 atom stereocenters. The highest BCUT2D eigenvalue weighted by Crippen LogP contribution is 2.42. The van der Waals surface area contributed by atoms with Gasteiger partial charge in [-0.2, -0.15) is 0 Å². The number of fused-ring (bicyclic) bond motifs is 2. The van der Waals surface area contributed by atoms with Crippen LogP contribution in [0.4, 0.5) is 10.1 Å². The van der Waals surface area contributed by atoms with Gasteiger partial charge in [0.25, 0.3) is 0 Å². The van der Waals surface area contributed by atoms with Crippen molar-refractivity contribution in [2.24, 2.45) is 4.99 Å². The minimum absolute atomic E-state index is 0.131. The van der Waals surface area contributed by atoms with Gasteiger partial charge in [-0.15, -0.1) is 0 Å². The van der Waals surface area contributed by atoms with Gasteiger partial charge >= 0.3 is 5.97 Å². The summed E-state index contributed by atoms with van der Waals surface area (Å²) >= 11 is 0. The second kappa shape index (κ2) is 3.14. The predicted octanol–water partition coefficient (Wildman–Crippen LogP) is 1.93. The molecule has 0 N–H and O–H groups in total. The minimum Gasteiger partial charge on any atom is -0.462 e. The van der Waals surface area contributed by atoms with Crippen molar-refractivity contribution in [1.82, 2.24) is 0 Å². The smallest absolute Gasteiger partial charge is 0.322 e. The van der Waals surface area contributed by atoms with Gasteiger partial charge < -0.3 is 4.74 Å². The van der Waals surface area contributed by atoms with Crippen LogP contribution < -0.4 is 0 Å². The van der Waals surface area contributed by atoms with E-state index in [0.717, 1.165) is 11.3 Å². The van der Waals surface area contributed by atoms with Gasteiger partial charge in [0.2, 0.25) is 0 Å². The lowest BCUT2D eigenvalue weighted by Gasteiger charge is -2.31. The van der Waals surface area contributed by atoms with Crippen molar-refractivity contribution in [3.63, 3.8) is 0 Å². The Bertz CT molecular complexity index is 486. The van der Waals surface area contributed by atoms with Crippen molar-refractivity contribution in [2.75, 3.05) is 6.61 Å². The first kappa shape index (κ1) is 9.51. The van der Waals surface area contributed by atoms with Crippen molar-refractivity contribution < 1.29 is 13.9 Å². The standard InChI is InChI=1S/C12H10FNO2/c13-8-5-12(11(15)16-6-8)7-14-10-4-2-1-3-9(10)12/h1-4,7-8H,5-6H2. The van der Waals surface area contributed by atoms with Crippen LogP contribution in [0.15, 0.2) is 29.3 Å². The van der Waals surface area contributed by atoms with E-state index in [9.17, 15) is 9.18 Å². The Balaban J connectivity index is 2.13. The van der Waals surface area contributed by atoms with E-state index in [1.54, 1.807) is 0 Å². The second-order valence-corrected chi connectivity index (χ2v) is 4.15. The van der Waals surface area contributed by atoms with Crippen LogP contribution in [0.5, 0.6) is 0 Å². The summed E-state index contributed by atoms with van der Waals surface area (Å²) in [5.41, 5.74) is 0.491. The molecule has 1 spiro atoms. The molecule has 82 valence electrons. The van der Waals surface area contributed by atoms with Crippen LogP contribution in [0, 0.1) is 0 Å². The number of cyclic esters (lactones) is 1. The maximum Gasteiger partial charge on any atom is 0.322 e. The van der Waals surface area contributed by atoms with Crippen LogP contribution in [-0.2, 0) is 14.9 Å². The number of para-hydroxylation sites is 1. The SMILES string of the molecule is O=C1OCC(F)CC12C=Nc1ccccc12. The highest BCUT2D eigenvalue weighted by molar-refractivity contribution is 6.07. The molecule has 0 amide bonds. The lowest BCUT2D eigenvalue weighted by molar-refractivity contribution is -0.155. The maximum atomic E-state index is 13.4. The van der Waals surface area contributed by atoms with Crippen LogP contribution in [0.1, 0.15) is 12.0 Å². The van der Waals surface area contributed by atoms with Crippen molar-refractivity contribution in [2.45, 2.75) is 18.0 Å². The Kier molecular flexibility index (Phi) is 1.87. The van der Waals surface area contributed by atoms with E-state index in [1.807, 2.05) is 24.3 Å². The number of nitrogens with zero attached hydrogens (tertiary/aromatic N) is 1. The summed E-state index contributed by atoms with van der Waals surface area (Å²) in [7, 11) is 0. The summed E-state index contributed by atoms with van der Waals surface area (Å²) in [5, 5.41) is 0. The zero-order valence-electron chi connectivity index (χ0n) is 8.52. The van der Waals surface area contributed by atoms with Crippen LogP contribution in [0.2, 0.25) is 0 Å². The van der Waals surface area contributed by atoms with Crippen LogP contribution >= 0.6 is 0 Å². The molecule has 1 aromatic rings. The number of ether oxygens (including phenoxy) is 1. The maximum absolute atomic E-state index is 13.4. The Labute approximate surface area is 91.9 Å². The second-order valence-electron chi connectivity index (χ2n) is 4.15. The van der Waals surface area contributed by atoms with E-state index in [-0.39, 0.29) is 13.0 Å². The van der Waals surface area contributed by atoms with Crippen LogP contribution in [-0.4, -0.2) is 25.0 Å². The van der Waals surface area contributed by atoms with Gasteiger partial charge in [0.1, 0.15) is 18.2 Å². The first-order valence-electron chi connectivity index (χ1n) is 5.18. The number of aliphatic imine (C=N–C) groups is 1. The van der Waals surface area contributed by atoms with E-state index in [2.05, 4.69) is 4.99 Å². The molecule has 1 saturated heterocycles. The molecular formula is C12H10FNO2. The third-order valence-electron chi connectivity index (χ3n) is 3.11. The largest absolute Gasteiger partial charge is 0.462 e. The molecule has 2 unspecified atom stereocenters. The van der Waals surface area contributed by atoms with Gasteiger partial charge in [0.15, 0.2) is 0 Å². The number of alkyl halides is 1. The molecular weight excluding hydrogens is 209 g/mol. The molecule has 0 aromatic heterocycles. The number of hydrogen-bond donors (Lipinski definition) is 0. The molecule has 3 rings (SSSR count). The average Bonchev–Trinajstić information content (AvgIpc) is 2.65. The van der Waals surface area contributed by atoms with Crippen molar-refractivity contribution in [3.8, 4) is 0 Å². The van der Waals surface area contributed by atoms with Gasteiger partial charge in [-0.25, -0.2) is 4.39 Å². The number of carbonyl (C=O) groups excluding carboxylic acids is 1. The lowest BCUT2D eigenvalue weighted by atomic mass is 9.77. The fraction of sp³-hybridized carbons (Fsp3) is 0.333. The molecule has 0 saturated carbocycles. The summed E-state index contributed by atoms with van der Waals surface area (Å²) in [6.45, 7) is -0.142. The van der Waals surface area contributed by atoms with E-state index in [0.29, 0.717) is 0 Å². The molecule has 3 nitrogen and oxygen atoms in total. The number of benzene rings is 1. The molecule has 1 fully saturated rings. The number of hydrogen-bond acceptors (Lipinski definition) is 3. The molecule has 2 heterocycles. The van der Waals surface area contributed by atoms with E-state index < -0.39 is 17.6 Å². The third-order valence-corrected chi connectivity index (χ3v) is 3.11. The third kappa shape index (κ3) is 1.13. The highest BCUT2D eigenvalue weighted by atomic mass is 19.1. The van der Waals surface area contributed by atoms with Crippen LogP contribution in [0.25, 0.3) is 0 Å². The first-order chi connectivity index (χ1) is 7.72. The van der Waals surface area contributed by atoms with Crippen molar-refractivity contribution >= 4 is 17.9 Å². The van der Waals surface area contributed by atoms with E-state index in [1.165, 1.54) is 6.21 Å². The lowest BCUT2D eigenvalue weighted by Crippen LogP contribution is -2.45. The zero-order chi connectivity index (χ0) is 11.2. The number of esters is 1. The minimum atomic E-state index is -1.12. The fourth-order valence-corrected chi connectivity index (χ4v) is 2.32. The molecule has 4 heteroatoms.